The van der Waals surface area contributed by atoms with Gasteiger partial charge in [-0.05, 0) is 18.6 Å². The average molecular weight is 323 g/mol. The van der Waals surface area contributed by atoms with Crippen molar-refractivity contribution in [2.75, 3.05) is 31.7 Å². The molecule has 1 N–H and O–H groups in total. The van der Waals surface area contributed by atoms with Crippen molar-refractivity contribution in [2.45, 2.75) is 30.0 Å². The predicted molar refractivity (Wildman–Crippen MR) is 86.0 cm³/mol. The summed E-state index contributed by atoms with van der Waals surface area (Å²) in [6.07, 6.45) is 2.72. The van der Waals surface area contributed by atoms with Crippen LogP contribution in [0.3, 0.4) is 0 Å². The number of hydrogen-bond acceptors (Lipinski definition) is 5. The lowest BCUT2D eigenvalue weighted by Gasteiger charge is -2.32. The quantitative estimate of drug-likeness (QED) is 0.769. The number of amides is 2. The first-order valence-electron chi connectivity index (χ1n) is 7.36. The van der Waals surface area contributed by atoms with E-state index in [2.05, 4.69) is 10.3 Å². The summed E-state index contributed by atoms with van der Waals surface area (Å²) in [5.74, 6) is -0.159. The molecule has 120 valence electrons. The maximum atomic E-state index is 12.6. The van der Waals surface area contributed by atoms with Crippen molar-refractivity contribution in [3.8, 4) is 0 Å². The number of methoxy groups -OCH3 is 1. The monoisotopic (exact) mass is 323 g/mol. The number of anilines is 1. The van der Waals surface area contributed by atoms with Crippen LogP contribution in [0.1, 0.15) is 19.8 Å². The molecule has 2 heterocycles. The zero-order chi connectivity index (χ0) is 15.9. The Morgan fingerprint density at radius 1 is 1.55 bits per heavy atom. The summed E-state index contributed by atoms with van der Waals surface area (Å²) in [5, 5.41) is 3.14. The molecular weight excluding hydrogens is 302 g/mol. The van der Waals surface area contributed by atoms with Gasteiger partial charge in [-0.25, -0.2) is 4.98 Å². The zero-order valence-corrected chi connectivity index (χ0v) is 13.7. The van der Waals surface area contributed by atoms with E-state index in [1.54, 1.807) is 18.2 Å². The minimum Gasteiger partial charge on any atom is -0.383 e. The number of fused-ring (bicyclic) bond motifs is 1. The van der Waals surface area contributed by atoms with Gasteiger partial charge in [0, 0.05) is 32.8 Å². The molecule has 0 spiro atoms. The third-order valence-electron chi connectivity index (χ3n) is 3.28. The first-order chi connectivity index (χ1) is 10.7. The molecule has 0 aliphatic carbocycles. The van der Waals surface area contributed by atoms with Crippen LogP contribution in [-0.2, 0) is 14.3 Å². The molecule has 2 amide bonds. The minimum absolute atomic E-state index is 0.0192. The highest BCUT2D eigenvalue weighted by molar-refractivity contribution is 8.00. The number of nitrogens with zero attached hydrogens (tertiary/aromatic N) is 2. The Bertz CT molecular complexity index is 539. The SMILES string of the molecule is CCCN1C(=O)[C@H](CC(=O)NCCOC)Sc2ncccc21. The molecule has 6 nitrogen and oxygen atoms in total. The number of nitrogens with one attached hydrogen (secondary N) is 1. The van der Waals surface area contributed by atoms with Gasteiger partial charge in [-0.3, -0.25) is 9.59 Å². The van der Waals surface area contributed by atoms with E-state index in [4.69, 9.17) is 4.74 Å². The Balaban J connectivity index is 2.07. The van der Waals surface area contributed by atoms with Gasteiger partial charge in [0.05, 0.1) is 17.5 Å². The third-order valence-corrected chi connectivity index (χ3v) is 4.47. The molecule has 22 heavy (non-hydrogen) atoms. The molecule has 1 atom stereocenters. The van der Waals surface area contributed by atoms with E-state index >= 15 is 0 Å². The van der Waals surface area contributed by atoms with Crippen LogP contribution in [0.25, 0.3) is 0 Å². The van der Waals surface area contributed by atoms with Gasteiger partial charge < -0.3 is 15.0 Å². The van der Waals surface area contributed by atoms with E-state index < -0.39 is 5.25 Å². The van der Waals surface area contributed by atoms with Gasteiger partial charge in [-0.1, -0.05) is 18.7 Å². The highest BCUT2D eigenvalue weighted by Gasteiger charge is 2.35. The lowest BCUT2D eigenvalue weighted by molar-refractivity contribution is -0.125. The number of rotatable bonds is 7. The zero-order valence-electron chi connectivity index (χ0n) is 12.9. The first kappa shape index (κ1) is 16.8. The Hall–Kier alpha value is -1.60. The summed E-state index contributed by atoms with van der Waals surface area (Å²) >= 11 is 1.37. The second kappa shape index (κ2) is 8.14. The molecule has 7 heteroatoms. The molecular formula is C15H21N3O3S. The summed E-state index contributed by atoms with van der Waals surface area (Å²) in [6.45, 7) is 3.58. The number of ether oxygens (including phenoxy) is 1. The predicted octanol–water partition coefficient (Wildman–Crippen LogP) is 1.45. The summed E-state index contributed by atoms with van der Waals surface area (Å²) in [7, 11) is 1.58. The first-order valence-corrected chi connectivity index (χ1v) is 8.24. The number of hydrogen-bond donors (Lipinski definition) is 1. The molecule has 1 aliphatic heterocycles. The Morgan fingerprint density at radius 3 is 3.09 bits per heavy atom. The molecule has 1 aromatic heterocycles. The number of thioether (sulfide) groups is 1. The largest absolute Gasteiger partial charge is 0.383 e. The normalized spacial score (nSPS) is 17.3. The van der Waals surface area contributed by atoms with Crippen molar-refractivity contribution in [1.82, 2.24) is 10.3 Å². The van der Waals surface area contributed by atoms with Crippen LogP contribution in [0.15, 0.2) is 23.4 Å². The van der Waals surface area contributed by atoms with Gasteiger partial charge in [0.2, 0.25) is 11.8 Å². The fraction of sp³-hybridized carbons (Fsp3) is 0.533. The molecule has 0 bridgehead atoms. The number of aromatic nitrogens is 1. The van der Waals surface area contributed by atoms with Gasteiger partial charge >= 0.3 is 0 Å². The van der Waals surface area contributed by atoms with Crippen LogP contribution in [0, 0.1) is 0 Å². The summed E-state index contributed by atoms with van der Waals surface area (Å²) in [5.41, 5.74) is 0.843. The molecule has 1 aliphatic rings. The van der Waals surface area contributed by atoms with Crippen molar-refractivity contribution >= 4 is 29.3 Å². The summed E-state index contributed by atoms with van der Waals surface area (Å²) in [4.78, 5) is 30.6. The smallest absolute Gasteiger partial charge is 0.241 e. The van der Waals surface area contributed by atoms with Gasteiger partial charge in [0.15, 0.2) is 0 Å². The van der Waals surface area contributed by atoms with Crippen molar-refractivity contribution in [3.05, 3.63) is 18.3 Å². The molecule has 0 fully saturated rings. The van der Waals surface area contributed by atoms with Crippen LogP contribution in [0.4, 0.5) is 5.69 Å². The lowest BCUT2D eigenvalue weighted by atomic mass is 10.2. The van der Waals surface area contributed by atoms with Gasteiger partial charge in [-0.2, -0.15) is 0 Å². The van der Waals surface area contributed by atoms with Crippen LogP contribution in [0.2, 0.25) is 0 Å². The van der Waals surface area contributed by atoms with E-state index in [0.29, 0.717) is 19.7 Å². The maximum absolute atomic E-state index is 12.6. The fourth-order valence-electron chi connectivity index (χ4n) is 2.27. The Kier molecular flexibility index (Phi) is 6.21. The highest BCUT2D eigenvalue weighted by Crippen LogP contribution is 2.38. The van der Waals surface area contributed by atoms with Crippen molar-refractivity contribution < 1.29 is 14.3 Å². The molecule has 0 saturated carbocycles. The van der Waals surface area contributed by atoms with Gasteiger partial charge in [0.1, 0.15) is 5.03 Å². The lowest BCUT2D eigenvalue weighted by Crippen LogP contribution is -2.43. The summed E-state index contributed by atoms with van der Waals surface area (Å²) in [6, 6.07) is 3.73. The Morgan fingerprint density at radius 2 is 2.36 bits per heavy atom. The van der Waals surface area contributed by atoms with E-state index in [1.807, 2.05) is 19.1 Å². The molecule has 1 aromatic rings. The number of carbonyl (C=O) groups is 2. The van der Waals surface area contributed by atoms with Crippen molar-refractivity contribution in [3.63, 3.8) is 0 Å². The van der Waals surface area contributed by atoms with Crippen LogP contribution in [-0.4, -0.2) is 48.9 Å². The van der Waals surface area contributed by atoms with Crippen LogP contribution in [0.5, 0.6) is 0 Å². The number of pyridine rings is 1. The van der Waals surface area contributed by atoms with Crippen LogP contribution < -0.4 is 10.2 Å². The molecule has 0 aromatic carbocycles. The second-order valence-corrected chi connectivity index (χ2v) is 6.16. The van der Waals surface area contributed by atoms with Gasteiger partial charge in [-0.15, -0.1) is 0 Å². The van der Waals surface area contributed by atoms with E-state index in [9.17, 15) is 9.59 Å². The van der Waals surface area contributed by atoms with Crippen molar-refractivity contribution in [2.24, 2.45) is 0 Å². The molecule has 2 rings (SSSR count). The van der Waals surface area contributed by atoms with E-state index in [1.165, 1.54) is 11.8 Å². The van der Waals surface area contributed by atoms with Crippen molar-refractivity contribution in [1.29, 1.82) is 0 Å². The minimum atomic E-state index is -0.420. The van der Waals surface area contributed by atoms with Crippen LogP contribution >= 0.6 is 11.8 Å². The average Bonchev–Trinajstić information content (AvgIpc) is 2.51. The van der Waals surface area contributed by atoms with E-state index in [-0.39, 0.29) is 18.2 Å². The second-order valence-electron chi connectivity index (χ2n) is 4.97. The molecule has 0 saturated heterocycles. The van der Waals surface area contributed by atoms with Gasteiger partial charge in [0.25, 0.3) is 0 Å². The highest BCUT2D eigenvalue weighted by atomic mass is 32.2. The molecule has 0 radical (unpaired) electrons. The maximum Gasteiger partial charge on any atom is 0.241 e. The third kappa shape index (κ3) is 3.98. The standard InChI is InChI=1S/C15H21N3O3S/c1-3-8-18-11-5-4-6-17-14(11)22-12(15(18)20)10-13(19)16-7-9-21-2/h4-6,12H,3,7-10H2,1-2H3,(H,16,19)/t12-/m0/s1. The van der Waals surface area contributed by atoms with E-state index in [0.717, 1.165) is 17.1 Å². The molecule has 0 unspecified atom stereocenters. The Labute approximate surface area is 134 Å². The summed E-state index contributed by atoms with van der Waals surface area (Å²) < 4.78 is 4.89. The number of carbonyl (C=O) groups excluding carboxylic acids is 2. The fourth-order valence-corrected chi connectivity index (χ4v) is 3.43. The topological polar surface area (TPSA) is 71.5 Å².